The van der Waals surface area contributed by atoms with Gasteiger partial charge >= 0.3 is 0 Å². The molecular formula is C17H20N2O. The van der Waals surface area contributed by atoms with Gasteiger partial charge in [-0.05, 0) is 31.5 Å². The van der Waals surface area contributed by atoms with Gasteiger partial charge in [0.25, 0.3) is 0 Å². The molecule has 2 atom stereocenters. The molecule has 2 aromatic carbocycles. The Morgan fingerprint density at radius 3 is 2.05 bits per heavy atom. The van der Waals surface area contributed by atoms with Crippen LogP contribution in [-0.2, 0) is 4.79 Å². The smallest absolute Gasteiger partial charge is 0.241 e. The van der Waals surface area contributed by atoms with Crippen LogP contribution in [0.3, 0.4) is 0 Å². The number of benzene rings is 2. The molecule has 0 aromatic heterocycles. The van der Waals surface area contributed by atoms with Crippen LogP contribution in [0, 0.1) is 0 Å². The number of para-hydroxylation sites is 1. The maximum absolute atomic E-state index is 12.1. The molecule has 104 valence electrons. The predicted molar refractivity (Wildman–Crippen MR) is 82.5 cm³/mol. The number of rotatable bonds is 5. The Hall–Kier alpha value is -2.13. The Bertz CT molecular complexity index is 539. The molecule has 0 saturated heterocycles. The maximum Gasteiger partial charge on any atom is 0.241 e. The minimum absolute atomic E-state index is 0.0287. The fourth-order valence-electron chi connectivity index (χ4n) is 2.06. The first-order chi connectivity index (χ1) is 9.66. The lowest BCUT2D eigenvalue weighted by atomic mass is 10.1. The quantitative estimate of drug-likeness (QED) is 0.873. The molecule has 0 unspecified atom stereocenters. The highest BCUT2D eigenvalue weighted by Crippen LogP contribution is 2.12. The number of carbonyl (C=O) groups is 1. The van der Waals surface area contributed by atoms with Crippen LogP contribution in [0.4, 0.5) is 5.69 Å². The van der Waals surface area contributed by atoms with Crippen molar-refractivity contribution < 1.29 is 4.79 Å². The number of amides is 1. The van der Waals surface area contributed by atoms with E-state index >= 15 is 0 Å². The fraction of sp³-hybridized carbons (Fsp3) is 0.235. The van der Waals surface area contributed by atoms with Gasteiger partial charge < -0.3 is 5.32 Å². The first-order valence-corrected chi connectivity index (χ1v) is 6.83. The van der Waals surface area contributed by atoms with Gasteiger partial charge in [-0.1, -0.05) is 48.5 Å². The zero-order chi connectivity index (χ0) is 14.4. The number of nitrogens with one attached hydrogen (secondary N) is 2. The van der Waals surface area contributed by atoms with E-state index < -0.39 is 0 Å². The van der Waals surface area contributed by atoms with Crippen molar-refractivity contribution in [1.29, 1.82) is 0 Å². The van der Waals surface area contributed by atoms with E-state index in [1.165, 1.54) is 5.56 Å². The Balaban J connectivity index is 1.91. The average molecular weight is 268 g/mol. The van der Waals surface area contributed by atoms with Crippen LogP contribution in [0.2, 0.25) is 0 Å². The third-order valence-corrected chi connectivity index (χ3v) is 3.23. The van der Waals surface area contributed by atoms with Gasteiger partial charge in [0.2, 0.25) is 5.91 Å². The van der Waals surface area contributed by atoms with E-state index in [9.17, 15) is 4.79 Å². The second-order valence-corrected chi connectivity index (χ2v) is 4.88. The largest absolute Gasteiger partial charge is 0.325 e. The molecule has 3 nitrogen and oxygen atoms in total. The molecule has 2 N–H and O–H groups in total. The van der Waals surface area contributed by atoms with E-state index in [1.54, 1.807) is 0 Å². The number of anilines is 1. The molecule has 0 fully saturated rings. The van der Waals surface area contributed by atoms with Crippen molar-refractivity contribution in [1.82, 2.24) is 5.32 Å². The number of carbonyl (C=O) groups excluding carboxylic acids is 1. The van der Waals surface area contributed by atoms with E-state index in [0.29, 0.717) is 0 Å². The molecule has 2 aromatic rings. The summed E-state index contributed by atoms with van der Waals surface area (Å²) in [7, 11) is 0. The Labute approximate surface area is 120 Å². The van der Waals surface area contributed by atoms with Crippen molar-refractivity contribution in [2.75, 3.05) is 5.32 Å². The van der Waals surface area contributed by atoms with Crippen LogP contribution < -0.4 is 10.6 Å². The van der Waals surface area contributed by atoms with Gasteiger partial charge in [0.1, 0.15) is 0 Å². The highest BCUT2D eigenvalue weighted by atomic mass is 16.2. The second kappa shape index (κ2) is 6.87. The number of hydrogen-bond acceptors (Lipinski definition) is 2. The van der Waals surface area contributed by atoms with Gasteiger partial charge in [-0.25, -0.2) is 0 Å². The molecule has 2 rings (SSSR count). The van der Waals surface area contributed by atoms with Gasteiger partial charge in [-0.2, -0.15) is 0 Å². The van der Waals surface area contributed by atoms with Gasteiger partial charge in [0, 0.05) is 11.7 Å². The number of hydrogen-bond donors (Lipinski definition) is 2. The highest BCUT2D eigenvalue weighted by molar-refractivity contribution is 5.94. The van der Waals surface area contributed by atoms with E-state index in [2.05, 4.69) is 29.7 Å². The summed E-state index contributed by atoms with van der Waals surface area (Å²) < 4.78 is 0. The summed E-state index contributed by atoms with van der Waals surface area (Å²) in [4.78, 5) is 12.1. The first-order valence-electron chi connectivity index (χ1n) is 6.83. The molecular weight excluding hydrogens is 248 g/mol. The molecule has 0 aliphatic carbocycles. The Kier molecular flexibility index (Phi) is 4.91. The molecule has 0 aliphatic rings. The lowest BCUT2D eigenvalue weighted by Crippen LogP contribution is -2.39. The van der Waals surface area contributed by atoms with Crippen molar-refractivity contribution in [3.8, 4) is 0 Å². The SMILES string of the molecule is C[C@H](N[C@@H](C)c1ccccc1)C(=O)Nc1ccccc1. The van der Waals surface area contributed by atoms with Gasteiger partial charge in [0.05, 0.1) is 6.04 Å². The van der Waals surface area contributed by atoms with Crippen molar-refractivity contribution in [3.05, 3.63) is 66.2 Å². The van der Waals surface area contributed by atoms with Crippen LogP contribution >= 0.6 is 0 Å². The summed E-state index contributed by atoms with van der Waals surface area (Å²) in [6, 6.07) is 19.5. The van der Waals surface area contributed by atoms with Crippen molar-refractivity contribution in [2.45, 2.75) is 25.9 Å². The lowest BCUT2D eigenvalue weighted by Gasteiger charge is -2.20. The van der Waals surface area contributed by atoms with Crippen LogP contribution in [0.5, 0.6) is 0 Å². The normalized spacial score (nSPS) is 13.5. The topological polar surface area (TPSA) is 41.1 Å². The zero-order valence-corrected chi connectivity index (χ0v) is 11.8. The third kappa shape index (κ3) is 3.93. The summed E-state index contributed by atoms with van der Waals surface area (Å²) in [6.07, 6.45) is 0. The minimum Gasteiger partial charge on any atom is -0.325 e. The third-order valence-electron chi connectivity index (χ3n) is 3.23. The monoisotopic (exact) mass is 268 g/mol. The van der Waals surface area contributed by atoms with Crippen molar-refractivity contribution in [2.24, 2.45) is 0 Å². The van der Waals surface area contributed by atoms with E-state index in [1.807, 2.05) is 55.5 Å². The van der Waals surface area contributed by atoms with E-state index in [-0.39, 0.29) is 18.0 Å². The average Bonchev–Trinajstić information content (AvgIpc) is 2.49. The maximum atomic E-state index is 12.1. The summed E-state index contributed by atoms with van der Waals surface area (Å²) >= 11 is 0. The van der Waals surface area contributed by atoms with Gasteiger partial charge in [0.15, 0.2) is 0 Å². The van der Waals surface area contributed by atoms with E-state index in [0.717, 1.165) is 5.69 Å². The molecule has 0 spiro atoms. The molecule has 0 radical (unpaired) electrons. The molecule has 0 bridgehead atoms. The summed E-state index contributed by atoms with van der Waals surface area (Å²) in [5.41, 5.74) is 1.99. The standard InChI is InChI=1S/C17H20N2O/c1-13(15-9-5-3-6-10-15)18-14(2)17(20)19-16-11-7-4-8-12-16/h3-14,18H,1-2H3,(H,19,20)/t13-,14-/m0/s1. The van der Waals surface area contributed by atoms with Crippen LogP contribution in [-0.4, -0.2) is 11.9 Å². The van der Waals surface area contributed by atoms with Gasteiger partial charge in [-0.15, -0.1) is 0 Å². The molecule has 0 heterocycles. The molecule has 20 heavy (non-hydrogen) atoms. The molecule has 0 aliphatic heterocycles. The minimum atomic E-state index is -0.259. The molecule has 3 heteroatoms. The molecule has 1 amide bonds. The second-order valence-electron chi connectivity index (χ2n) is 4.88. The van der Waals surface area contributed by atoms with Crippen LogP contribution in [0.1, 0.15) is 25.5 Å². The lowest BCUT2D eigenvalue weighted by molar-refractivity contribution is -0.117. The van der Waals surface area contributed by atoms with Crippen LogP contribution in [0.15, 0.2) is 60.7 Å². The fourth-order valence-corrected chi connectivity index (χ4v) is 2.06. The Morgan fingerprint density at radius 2 is 1.45 bits per heavy atom. The van der Waals surface area contributed by atoms with Crippen molar-refractivity contribution in [3.63, 3.8) is 0 Å². The van der Waals surface area contributed by atoms with Crippen molar-refractivity contribution >= 4 is 11.6 Å². The summed E-state index contributed by atoms with van der Waals surface area (Å²) in [6.45, 7) is 3.93. The predicted octanol–water partition coefficient (Wildman–Crippen LogP) is 3.36. The van der Waals surface area contributed by atoms with Gasteiger partial charge in [-0.3, -0.25) is 10.1 Å². The Morgan fingerprint density at radius 1 is 0.900 bits per heavy atom. The first kappa shape index (κ1) is 14.3. The van der Waals surface area contributed by atoms with E-state index in [4.69, 9.17) is 0 Å². The highest BCUT2D eigenvalue weighted by Gasteiger charge is 2.16. The zero-order valence-electron chi connectivity index (χ0n) is 11.8. The van der Waals surface area contributed by atoms with Crippen LogP contribution in [0.25, 0.3) is 0 Å². The molecule has 0 saturated carbocycles. The summed E-state index contributed by atoms with van der Waals surface area (Å²) in [5, 5.41) is 6.20. The summed E-state index contributed by atoms with van der Waals surface area (Å²) in [5.74, 6) is -0.0287.